The predicted octanol–water partition coefficient (Wildman–Crippen LogP) is 2.31. The smallest absolute Gasteiger partial charge is 0.226 e. The zero-order valence-electron chi connectivity index (χ0n) is 12.1. The molecule has 0 saturated heterocycles. The summed E-state index contributed by atoms with van der Waals surface area (Å²) in [4.78, 5) is 11.6. The number of hydrogen-bond acceptors (Lipinski definition) is 5. The van der Waals surface area contributed by atoms with Gasteiger partial charge < -0.3 is 11.1 Å². The van der Waals surface area contributed by atoms with Crippen LogP contribution < -0.4 is 11.1 Å². The van der Waals surface area contributed by atoms with E-state index < -0.39 is 0 Å². The molecule has 0 atom stereocenters. The minimum Gasteiger partial charge on any atom is -0.330 e. The van der Waals surface area contributed by atoms with Crippen molar-refractivity contribution >= 4 is 22.4 Å². The fraction of sp³-hybridized carbons (Fsp3) is 0.400. The van der Waals surface area contributed by atoms with Crippen LogP contribution in [0.4, 0.5) is 5.13 Å². The summed E-state index contributed by atoms with van der Waals surface area (Å²) < 4.78 is 0. The van der Waals surface area contributed by atoms with Gasteiger partial charge in [-0.1, -0.05) is 41.2 Å². The summed E-state index contributed by atoms with van der Waals surface area (Å²) in [6.07, 6.45) is 2.87. The van der Waals surface area contributed by atoms with Crippen molar-refractivity contribution in [2.24, 2.45) is 5.73 Å². The van der Waals surface area contributed by atoms with E-state index in [-0.39, 0.29) is 5.91 Å². The highest BCUT2D eigenvalue weighted by atomic mass is 32.1. The number of carbonyl (C=O) groups excluding carboxylic acids is 1. The molecular formula is C15H20N4OS. The van der Waals surface area contributed by atoms with Gasteiger partial charge in [-0.05, 0) is 31.9 Å². The second kappa shape index (κ2) is 7.85. The second-order valence-corrected chi connectivity index (χ2v) is 5.99. The van der Waals surface area contributed by atoms with E-state index in [9.17, 15) is 4.79 Å². The number of nitrogens with two attached hydrogens (primary N) is 1. The summed E-state index contributed by atoms with van der Waals surface area (Å²) in [6, 6.07) is 8.48. The Labute approximate surface area is 128 Å². The lowest BCUT2D eigenvalue weighted by Gasteiger charge is -1.99. The topological polar surface area (TPSA) is 80.9 Å². The molecule has 0 spiro atoms. The molecule has 1 aromatic carbocycles. The number of hydrogen-bond donors (Lipinski definition) is 2. The fourth-order valence-electron chi connectivity index (χ4n) is 1.86. The van der Waals surface area contributed by atoms with Crippen LogP contribution in [-0.4, -0.2) is 22.6 Å². The highest BCUT2D eigenvalue weighted by Gasteiger charge is 2.08. The van der Waals surface area contributed by atoms with Gasteiger partial charge in [-0.15, -0.1) is 10.2 Å². The fourth-order valence-corrected chi connectivity index (χ4v) is 2.61. The van der Waals surface area contributed by atoms with Gasteiger partial charge >= 0.3 is 0 Å². The minimum atomic E-state index is -0.0540. The first-order valence-corrected chi connectivity index (χ1v) is 7.87. The van der Waals surface area contributed by atoms with E-state index >= 15 is 0 Å². The van der Waals surface area contributed by atoms with Crippen molar-refractivity contribution in [2.45, 2.75) is 32.6 Å². The Morgan fingerprint density at radius 2 is 2.00 bits per heavy atom. The molecule has 6 heteroatoms. The van der Waals surface area contributed by atoms with Crippen LogP contribution in [-0.2, 0) is 17.6 Å². The maximum Gasteiger partial charge on any atom is 0.226 e. The highest BCUT2D eigenvalue weighted by molar-refractivity contribution is 7.15. The third-order valence-corrected chi connectivity index (χ3v) is 3.97. The van der Waals surface area contributed by atoms with Crippen LogP contribution in [0, 0.1) is 6.92 Å². The predicted molar refractivity (Wildman–Crippen MR) is 85.4 cm³/mol. The second-order valence-electron chi connectivity index (χ2n) is 4.93. The van der Waals surface area contributed by atoms with E-state index in [1.165, 1.54) is 22.5 Å². The summed E-state index contributed by atoms with van der Waals surface area (Å²) in [7, 11) is 0. The summed E-state index contributed by atoms with van der Waals surface area (Å²) in [5.74, 6) is -0.0540. The quantitative estimate of drug-likeness (QED) is 0.822. The molecule has 3 N–H and O–H groups in total. The van der Waals surface area contributed by atoms with Gasteiger partial charge in [-0.25, -0.2) is 0 Å². The van der Waals surface area contributed by atoms with Crippen molar-refractivity contribution < 1.29 is 4.79 Å². The molecule has 0 unspecified atom stereocenters. The van der Waals surface area contributed by atoms with Gasteiger partial charge in [-0.3, -0.25) is 4.79 Å². The normalized spacial score (nSPS) is 10.6. The van der Waals surface area contributed by atoms with Crippen LogP contribution in [0.1, 0.15) is 29.0 Å². The van der Waals surface area contributed by atoms with Crippen LogP contribution in [0.3, 0.4) is 0 Å². The molecule has 1 heterocycles. The van der Waals surface area contributed by atoms with Crippen molar-refractivity contribution in [1.82, 2.24) is 10.2 Å². The molecule has 112 valence electrons. The first-order chi connectivity index (χ1) is 10.2. The number of carbonyl (C=O) groups is 1. The van der Waals surface area contributed by atoms with E-state index in [0.29, 0.717) is 24.5 Å². The summed E-state index contributed by atoms with van der Waals surface area (Å²) in [5.41, 5.74) is 7.92. The third-order valence-electron chi connectivity index (χ3n) is 3.07. The summed E-state index contributed by atoms with van der Waals surface area (Å²) in [6.45, 7) is 2.60. The van der Waals surface area contributed by atoms with Gasteiger partial charge in [0.05, 0.1) is 0 Å². The Morgan fingerprint density at radius 1 is 1.24 bits per heavy atom. The molecule has 0 saturated carbocycles. The molecule has 21 heavy (non-hydrogen) atoms. The molecule has 0 bridgehead atoms. The van der Waals surface area contributed by atoms with E-state index in [1.54, 1.807) is 0 Å². The monoisotopic (exact) mass is 304 g/mol. The lowest BCUT2D eigenvalue weighted by Crippen LogP contribution is -2.13. The summed E-state index contributed by atoms with van der Waals surface area (Å²) >= 11 is 1.43. The lowest BCUT2D eigenvalue weighted by molar-refractivity contribution is -0.116. The number of amides is 1. The van der Waals surface area contributed by atoms with Crippen LogP contribution in [0.5, 0.6) is 0 Å². The van der Waals surface area contributed by atoms with Crippen LogP contribution in [0.15, 0.2) is 24.3 Å². The Balaban J connectivity index is 1.82. The lowest BCUT2D eigenvalue weighted by atomic mass is 10.1. The average Bonchev–Trinajstić information content (AvgIpc) is 2.92. The summed E-state index contributed by atoms with van der Waals surface area (Å²) in [5, 5.41) is 12.4. The number of benzene rings is 1. The zero-order chi connectivity index (χ0) is 15.1. The first kappa shape index (κ1) is 15.6. The van der Waals surface area contributed by atoms with Crippen LogP contribution in [0.25, 0.3) is 0 Å². The van der Waals surface area contributed by atoms with Crippen molar-refractivity contribution in [2.75, 3.05) is 11.9 Å². The molecule has 0 aliphatic rings. The largest absolute Gasteiger partial charge is 0.330 e. The van der Waals surface area contributed by atoms with Gasteiger partial charge in [0.25, 0.3) is 0 Å². The van der Waals surface area contributed by atoms with Crippen LogP contribution >= 0.6 is 11.3 Å². The Bertz CT molecular complexity index is 580. The molecule has 0 aliphatic heterocycles. The number of rotatable bonds is 7. The van der Waals surface area contributed by atoms with Crippen LogP contribution in [0.2, 0.25) is 0 Å². The maximum atomic E-state index is 11.6. The molecule has 0 aliphatic carbocycles. The molecule has 2 rings (SSSR count). The first-order valence-electron chi connectivity index (χ1n) is 7.05. The van der Waals surface area contributed by atoms with Crippen molar-refractivity contribution in [3.05, 3.63) is 40.4 Å². The number of nitrogens with one attached hydrogen (secondary N) is 1. The maximum absolute atomic E-state index is 11.6. The Hall–Kier alpha value is -1.79. The van der Waals surface area contributed by atoms with E-state index in [4.69, 9.17) is 5.73 Å². The van der Waals surface area contributed by atoms with Crippen molar-refractivity contribution in [1.29, 1.82) is 0 Å². The standard InChI is InChI=1S/C15H20N4OS/c1-11-4-6-12(7-5-11)8-9-14-18-19-15(21-14)17-13(20)3-2-10-16/h4-7H,2-3,8-10,16H2,1H3,(H,17,19,20). The number of anilines is 1. The third kappa shape index (κ3) is 5.24. The SMILES string of the molecule is Cc1ccc(CCc2nnc(NC(=O)CCCN)s2)cc1. The molecule has 0 radical (unpaired) electrons. The van der Waals surface area contributed by atoms with Crippen molar-refractivity contribution in [3.63, 3.8) is 0 Å². The van der Waals surface area contributed by atoms with Gasteiger partial charge in [0.2, 0.25) is 11.0 Å². The number of nitrogens with zero attached hydrogens (tertiary/aromatic N) is 2. The van der Waals surface area contributed by atoms with E-state index in [0.717, 1.165) is 17.8 Å². The minimum absolute atomic E-state index is 0.0540. The van der Waals surface area contributed by atoms with Gasteiger partial charge in [0, 0.05) is 12.8 Å². The Morgan fingerprint density at radius 3 is 2.71 bits per heavy atom. The van der Waals surface area contributed by atoms with Gasteiger partial charge in [-0.2, -0.15) is 0 Å². The average molecular weight is 304 g/mol. The molecule has 2 aromatic rings. The molecule has 1 amide bonds. The van der Waals surface area contributed by atoms with Gasteiger partial charge in [0.1, 0.15) is 5.01 Å². The molecule has 1 aromatic heterocycles. The zero-order valence-corrected chi connectivity index (χ0v) is 12.9. The number of aryl methyl sites for hydroxylation is 3. The van der Waals surface area contributed by atoms with Crippen molar-refractivity contribution in [3.8, 4) is 0 Å². The molecule has 0 fully saturated rings. The Kier molecular flexibility index (Phi) is 5.83. The highest BCUT2D eigenvalue weighted by Crippen LogP contribution is 2.17. The van der Waals surface area contributed by atoms with E-state index in [1.807, 2.05) is 0 Å². The molecular weight excluding hydrogens is 284 g/mol. The van der Waals surface area contributed by atoms with E-state index in [2.05, 4.69) is 46.7 Å². The molecule has 5 nitrogen and oxygen atoms in total. The number of aromatic nitrogens is 2. The van der Waals surface area contributed by atoms with Gasteiger partial charge in [0.15, 0.2) is 0 Å².